The Balaban J connectivity index is 1.35. The summed E-state index contributed by atoms with van der Waals surface area (Å²) in [5.41, 5.74) is 3.88. The van der Waals surface area contributed by atoms with Gasteiger partial charge in [0, 0.05) is 34.9 Å². The molecule has 0 radical (unpaired) electrons. The number of carbonyl (C=O) groups is 3. The zero-order valence-electron chi connectivity index (χ0n) is 17.7. The first-order chi connectivity index (χ1) is 15.5. The molecule has 0 saturated heterocycles. The fraction of sp³-hybridized carbons (Fsp3) is 0.208. The molecule has 0 fully saturated rings. The average molecular weight is 449 g/mol. The number of imide groups is 1. The number of urea groups is 1. The van der Waals surface area contributed by atoms with Crippen molar-refractivity contribution in [3.05, 3.63) is 81.5 Å². The first-order valence-corrected chi connectivity index (χ1v) is 11.2. The Bertz CT molecular complexity index is 1140. The lowest BCUT2D eigenvalue weighted by molar-refractivity contribution is -0.118. The summed E-state index contributed by atoms with van der Waals surface area (Å²) in [6.07, 6.45) is 0.876. The van der Waals surface area contributed by atoms with Crippen molar-refractivity contribution in [3.8, 4) is 0 Å². The smallest absolute Gasteiger partial charge is 0.325 e. The van der Waals surface area contributed by atoms with E-state index in [-0.39, 0.29) is 12.5 Å². The first kappa shape index (κ1) is 21.6. The van der Waals surface area contributed by atoms with E-state index in [0.29, 0.717) is 30.0 Å². The van der Waals surface area contributed by atoms with Gasteiger partial charge in [-0.2, -0.15) is 0 Å². The minimum absolute atomic E-state index is 0.0188. The highest BCUT2D eigenvalue weighted by Crippen LogP contribution is 2.27. The highest BCUT2D eigenvalue weighted by atomic mass is 32.1. The Hall–Kier alpha value is -3.65. The fourth-order valence-corrected chi connectivity index (χ4v) is 4.57. The van der Waals surface area contributed by atoms with E-state index >= 15 is 0 Å². The van der Waals surface area contributed by atoms with Crippen LogP contribution in [0.25, 0.3) is 0 Å². The second kappa shape index (κ2) is 9.65. The molecule has 1 aliphatic rings. The molecule has 0 unspecified atom stereocenters. The maximum atomic E-state index is 13.1. The second-order valence-corrected chi connectivity index (χ2v) is 8.55. The number of hydrogen-bond acceptors (Lipinski definition) is 5. The van der Waals surface area contributed by atoms with Crippen LogP contribution in [0.15, 0.2) is 60.0 Å². The summed E-state index contributed by atoms with van der Waals surface area (Å²) < 4.78 is 0. The molecule has 1 aliphatic heterocycles. The number of rotatable bonds is 5. The summed E-state index contributed by atoms with van der Waals surface area (Å²) in [6.45, 7) is 3.08. The number of carbonyl (C=O) groups excluding carboxylic acids is 3. The number of nitrogens with zero attached hydrogens (tertiary/aromatic N) is 1. The Morgan fingerprint density at radius 3 is 2.66 bits per heavy atom. The van der Waals surface area contributed by atoms with Crippen molar-refractivity contribution in [1.82, 2.24) is 10.2 Å². The van der Waals surface area contributed by atoms with Gasteiger partial charge in [-0.25, -0.2) is 4.79 Å². The van der Waals surface area contributed by atoms with E-state index in [1.54, 1.807) is 47.7 Å². The maximum Gasteiger partial charge on any atom is 0.325 e. The predicted octanol–water partition coefficient (Wildman–Crippen LogP) is 4.02. The van der Waals surface area contributed by atoms with Gasteiger partial charge in [-0.1, -0.05) is 24.3 Å². The Labute approximate surface area is 190 Å². The predicted molar refractivity (Wildman–Crippen MR) is 126 cm³/mol. The number of para-hydroxylation sites is 1. The van der Waals surface area contributed by atoms with Crippen LogP contribution in [0.5, 0.6) is 0 Å². The van der Waals surface area contributed by atoms with E-state index in [1.165, 1.54) is 10.4 Å². The molecule has 0 spiro atoms. The molecule has 32 heavy (non-hydrogen) atoms. The van der Waals surface area contributed by atoms with E-state index in [2.05, 4.69) is 27.4 Å². The van der Waals surface area contributed by atoms with E-state index < -0.39 is 11.9 Å². The Morgan fingerprint density at radius 2 is 1.84 bits per heavy atom. The molecule has 4 amide bonds. The van der Waals surface area contributed by atoms with Crippen LogP contribution in [-0.2, 0) is 17.8 Å². The average Bonchev–Trinajstić information content (AvgIpc) is 3.26. The summed E-state index contributed by atoms with van der Waals surface area (Å²) in [5.74, 6) is -0.495. The molecule has 3 aromatic rings. The summed E-state index contributed by atoms with van der Waals surface area (Å²) >= 11 is 1.74. The summed E-state index contributed by atoms with van der Waals surface area (Å²) in [7, 11) is 0. The summed E-state index contributed by atoms with van der Waals surface area (Å²) in [4.78, 5) is 40.5. The number of nitrogens with one attached hydrogen (secondary N) is 3. The molecule has 4 rings (SSSR count). The lowest BCUT2D eigenvalue weighted by Crippen LogP contribution is -2.38. The minimum atomic E-state index is -0.596. The molecule has 0 saturated carbocycles. The second-order valence-electron chi connectivity index (χ2n) is 7.55. The summed E-state index contributed by atoms with van der Waals surface area (Å²) in [6, 6.07) is 15.8. The van der Waals surface area contributed by atoms with Crippen LogP contribution >= 0.6 is 11.3 Å². The third-order valence-electron chi connectivity index (χ3n) is 5.38. The molecule has 0 atom stereocenters. The van der Waals surface area contributed by atoms with E-state index in [0.717, 1.165) is 12.0 Å². The van der Waals surface area contributed by atoms with Gasteiger partial charge in [0.1, 0.15) is 0 Å². The van der Waals surface area contributed by atoms with E-state index in [4.69, 9.17) is 0 Å². The Kier molecular flexibility index (Phi) is 6.51. The van der Waals surface area contributed by atoms with Crippen molar-refractivity contribution >= 4 is 40.6 Å². The van der Waals surface area contributed by atoms with Crippen LogP contribution in [0.2, 0.25) is 0 Å². The van der Waals surface area contributed by atoms with Crippen LogP contribution in [0.4, 0.5) is 16.2 Å². The minimum Gasteiger partial charge on any atom is -0.376 e. The molecule has 1 aromatic heterocycles. The Morgan fingerprint density at radius 1 is 1.03 bits per heavy atom. The van der Waals surface area contributed by atoms with Crippen LogP contribution in [-0.4, -0.2) is 35.8 Å². The number of fused-ring (bicyclic) bond motifs is 1. The topological polar surface area (TPSA) is 90.5 Å². The van der Waals surface area contributed by atoms with Gasteiger partial charge in [-0.3, -0.25) is 14.9 Å². The highest BCUT2D eigenvalue weighted by Gasteiger charge is 2.24. The fourth-order valence-electron chi connectivity index (χ4n) is 3.68. The van der Waals surface area contributed by atoms with Crippen molar-refractivity contribution in [3.63, 3.8) is 0 Å². The van der Waals surface area contributed by atoms with Crippen molar-refractivity contribution in [1.29, 1.82) is 0 Å². The molecule has 2 heterocycles. The number of thiophene rings is 1. The van der Waals surface area contributed by atoms with Crippen LogP contribution in [0.3, 0.4) is 0 Å². The van der Waals surface area contributed by atoms with E-state index in [9.17, 15) is 14.4 Å². The molecular weight excluding hydrogens is 424 g/mol. The molecule has 0 aliphatic carbocycles. The number of amides is 4. The number of benzene rings is 2. The van der Waals surface area contributed by atoms with Gasteiger partial charge >= 0.3 is 6.03 Å². The van der Waals surface area contributed by atoms with Crippen molar-refractivity contribution < 1.29 is 14.4 Å². The van der Waals surface area contributed by atoms with Crippen LogP contribution < -0.4 is 16.0 Å². The van der Waals surface area contributed by atoms with Crippen molar-refractivity contribution in [2.45, 2.75) is 19.9 Å². The zero-order valence-corrected chi connectivity index (χ0v) is 18.5. The number of hydrogen-bond donors (Lipinski definition) is 3. The van der Waals surface area contributed by atoms with Gasteiger partial charge in [0.2, 0.25) is 5.91 Å². The standard InChI is InChI=1S/C24H24N4O3S/c1-16-19(23(30)28-12-10-21-17(15-28)11-13-32-21)8-5-9-20(16)25-14-22(29)27-24(31)26-18-6-3-2-4-7-18/h2-9,11,13,25H,10,12,14-15H2,1H3,(H2,26,27,29,31). The lowest BCUT2D eigenvalue weighted by Gasteiger charge is -2.28. The van der Waals surface area contributed by atoms with Gasteiger partial charge in [0.25, 0.3) is 5.91 Å². The number of anilines is 2. The van der Waals surface area contributed by atoms with Gasteiger partial charge in [0.05, 0.1) is 6.54 Å². The van der Waals surface area contributed by atoms with Gasteiger partial charge in [-0.05, 0) is 60.2 Å². The van der Waals surface area contributed by atoms with E-state index in [1.807, 2.05) is 24.0 Å². The molecule has 0 bridgehead atoms. The molecule has 7 nitrogen and oxygen atoms in total. The highest BCUT2D eigenvalue weighted by molar-refractivity contribution is 7.10. The quantitative estimate of drug-likeness (QED) is 0.550. The van der Waals surface area contributed by atoms with Gasteiger partial charge in [-0.15, -0.1) is 11.3 Å². The molecule has 2 aromatic carbocycles. The monoisotopic (exact) mass is 448 g/mol. The molecule has 8 heteroatoms. The molecule has 164 valence electrons. The molecule has 3 N–H and O–H groups in total. The SMILES string of the molecule is Cc1c(NCC(=O)NC(=O)Nc2ccccc2)cccc1C(=O)N1CCc2sccc2C1. The maximum absolute atomic E-state index is 13.1. The van der Waals surface area contributed by atoms with Gasteiger partial charge < -0.3 is 15.5 Å². The first-order valence-electron chi connectivity index (χ1n) is 10.3. The van der Waals surface area contributed by atoms with Crippen LogP contribution in [0.1, 0.15) is 26.4 Å². The third kappa shape index (κ3) is 4.97. The van der Waals surface area contributed by atoms with Crippen molar-refractivity contribution in [2.24, 2.45) is 0 Å². The van der Waals surface area contributed by atoms with Crippen molar-refractivity contribution in [2.75, 3.05) is 23.7 Å². The lowest BCUT2D eigenvalue weighted by atomic mass is 10.0. The normalized spacial score (nSPS) is 12.6. The van der Waals surface area contributed by atoms with Gasteiger partial charge in [0.15, 0.2) is 0 Å². The zero-order chi connectivity index (χ0) is 22.5. The third-order valence-corrected chi connectivity index (χ3v) is 6.41. The van der Waals surface area contributed by atoms with Crippen LogP contribution in [0, 0.1) is 6.92 Å². The molecular formula is C24H24N4O3S. The summed E-state index contributed by atoms with van der Waals surface area (Å²) in [5, 5.41) is 9.99. The largest absolute Gasteiger partial charge is 0.376 e.